The molecule has 4 fully saturated rings. The zero-order valence-electron chi connectivity index (χ0n) is 12.7. The minimum atomic E-state index is 0.0624. The van der Waals surface area contributed by atoms with Gasteiger partial charge in [0.05, 0.1) is 6.54 Å². The molecule has 4 heteroatoms. The van der Waals surface area contributed by atoms with Crippen molar-refractivity contribution in [2.45, 2.75) is 64.3 Å². The fourth-order valence-electron chi connectivity index (χ4n) is 5.78. The lowest BCUT2D eigenvalue weighted by atomic mass is 9.43. The van der Waals surface area contributed by atoms with Gasteiger partial charge in [0, 0.05) is 5.41 Å². The smallest absolute Gasteiger partial charge is 0.156 e. The summed E-state index contributed by atoms with van der Waals surface area (Å²) in [6.07, 6.45) is 8.61. The van der Waals surface area contributed by atoms with E-state index in [2.05, 4.69) is 29.0 Å². The fourth-order valence-corrected chi connectivity index (χ4v) is 5.78. The van der Waals surface area contributed by atoms with E-state index in [9.17, 15) is 0 Å². The third kappa shape index (κ3) is 1.63. The van der Waals surface area contributed by atoms with E-state index in [4.69, 9.17) is 5.73 Å². The minimum absolute atomic E-state index is 0.0624. The Morgan fingerprint density at radius 1 is 1.15 bits per heavy atom. The molecule has 4 aliphatic carbocycles. The summed E-state index contributed by atoms with van der Waals surface area (Å²) >= 11 is 0. The molecule has 4 aliphatic rings. The summed E-state index contributed by atoms with van der Waals surface area (Å²) in [5.74, 6) is 4.70. The molecule has 4 nitrogen and oxygen atoms in total. The highest BCUT2D eigenvalue weighted by atomic mass is 15.2. The SMILES string of the molecule is CC(C)(c1n[nH]c(CN)n1)C12CC3CC(CC(C3)C1)C2. The van der Waals surface area contributed by atoms with Crippen LogP contribution < -0.4 is 5.73 Å². The predicted molar refractivity (Wildman–Crippen MR) is 77.9 cm³/mol. The molecule has 4 saturated carbocycles. The van der Waals surface area contributed by atoms with Crippen molar-refractivity contribution < 1.29 is 0 Å². The van der Waals surface area contributed by atoms with Crippen molar-refractivity contribution in [1.29, 1.82) is 0 Å². The van der Waals surface area contributed by atoms with Crippen LogP contribution in [0.15, 0.2) is 0 Å². The summed E-state index contributed by atoms with van der Waals surface area (Å²) in [5.41, 5.74) is 6.17. The zero-order chi connectivity index (χ0) is 14.0. The Morgan fingerprint density at radius 2 is 1.70 bits per heavy atom. The second kappa shape index (κ2) is 4.06. The van der Waals surface area contributed by atoms with E-state index in [0.717, 1.165) is 29.4 Å². The van der Waals surface area contributed by atoms with Gasteiger partial charge in [0.25, 0.3) is 0 Å². The molecule has 1 heterocycles. The van der Waals surface area contributed by atoms with Crippen LogP contribution in [0, 0.1) is 23.2 Å². The molecule has 0 aromatic carbocycles. The molecule has 1 aromatic heterocycles. The topological polar surface area (TPSA) is 67.6 Å². The van der Waals surface area contributed by atoms with Crippen molar-refractivity contribution >= 4 is 0 Å². The first-order valence-electron chi connectivity index (χ1n) is 8.14. The van der Waals surface area contributed by atoms with E-state index >= 15 is 0 Å². The van der Waals surface area contributed by atoms with Gasteiger partial charge in [0.1, 0.15) is 5.82 Å². The summed E-state index contributed by atoms with van der Waals surface area (Å²) in [6, 6.07) is 0. The monoisotopic (exact) mass is 274 g/mol. The van der Waals surface area contributed by atoms with Gasteiger partial charge in [-0.3, -0.25) is 5.10 Å². The second-order valence-corrected chi connectivity index (χ2v) is 8.13. The van der Waals surface area contributed by atoms with Crippen LogP contribution in [0.2, 0.25) is 0 Å². The molecule has 5 rings (SSSR count). The predicted octanol–water partition coefficient (Wildman–Crippen LogP) is 2.76. The molecule has 0 saturated heterocycles. The maximum atomic E-state index is 5.68. The maximum Gasteiger partial charge on any atom is 0.156 e. The quantitative estimate of drug-likeness (QED) is 0.890. The molecular weight excluding hydrogens is 248 g/mol. The van der Waals surface area contributed by atoms with Crippen molar-refractivity contribution in [3.05, 3.63) is 11.6 Å². The van der Waals surface area contributed by atoms with Crippen LogP contribution in [0.4, 0.5) is 0 Å². The van der Waals surface area contributed by atoms with Gasteiger partial charge >= 0.3 is 0 Å². The standard InChI is InChI=1S/C16H26N4/c1-15(2,14-18-13(9-17)19-20-14)16-6-10-3-11(7-16)5-12(4-10)8-16/h10-12H,3-9,17H2,1-2H3,(H,18,19,20). The fraction of sp³-hybridized carbons (Fsp3) is 0.875. The number of hydrogen-bond donors (Lipinski definition) is 2. The summed E-state index contributed by atoms with van der Waals surface area (Å²) in [7, 11) is 0. The number of nitrogens with one attached hydrogen (secondary N) is 1. The van der Waals surface area contributed by atoms with E-state index < -0.39 is 0 Å². The van der Waals surface area contributed by atoms with Crippen LogP contribution in [0.1, 0.15) is 64.0 Å². The number of nitrogens with zero attached hydrogens (tertiary/aromatic N) is 2. The van der Waals surface area contributed by atoms with Gasteiger partial charge in [0.2, 0.25) is 0 Å². The first-order valence-corrected chi connectivity index (χ1v) is 8.14. The minimum Gasteiger partial charge on any atom is -0.324 e. The Bertz CT molecular complexity index is 481. The van der Waals surface area contributed by atoms with Gasteiger partial charge in [-0.05, 0) is 61.7 Å². The van der Waals surface area contributed by atoms with Crippen molar-refractivity contribution in [3.8, 4) is 0 Å². The molecule has 4 bridgehead atoms. The molecule has 1 aromatic rings. The van der Waals surface area contributed by atoms with Gasteiger partial charge in [-0.15, -0.1) is 0 Å². The maximum absolute atomic E-state index is 5.68. The van der Waals surface area contributed by atoms with Crippen molar-refractivity contribution in [2.24, 2.45) is 28.9 Å². The lowest BCUT2D eigenvalue weighted by Crippen LogP contribution is -2.54. The number of aromatic nitrogens is 3. The van der Waals surface area contributed by atoms with Crippen molar-refractivity contribution in [1.82, 2.24) is 15.2 Å². The normalized spacial score (nSPS) is 39.5. The molecule has 3 N–H and O–H groups in total. The Labute approximate surface area is 120 Å². The number of hydrogen-bond acceptors (Lipinski definition) is 3. The Kier molecular flexibility index (Phi) is 2.60. The highest BCUT2D eigenvalue weighted by molar-refractivity contribution is 5.18. The molecule has 0 aliphatic heterocycles. The first kappa shape index (κ1) is 12.8. The van der Waals surface area contributed by atoms with E-state index in [1.165, 1.54) is 38.5 Å². The summed E-state index contributed by atoms with van der Waals surface area (Å²) in [5, 5.41) is 7.51. The van der Waals surface area contributed by atoms with E-state index in [-0.39, 0.29) is 5.41 Å². The second-order valence-electron chi connectivity index (χ2n) is 8.13. The van der Waals surface area contributed by atoms with Gasteiger partial charge in [0.15, 0.2) is 5.82 Å². The van der Waals surface area contributed by atoms with Crippen LogP contribution in [0.25, 0.3) is 0 Å². The lowest BCUT2D eigenvalue weighted by Gasteiger charge is -2.61. The van der Waals surface area contributed by atoms with Crippen LogP contribution in [0.3, 0.4) is 0 Å². The largest absolute Gasteiger partial charge is 0.324 e. The Balaban J connectivity index is 1.71. The van der Waals surface area contributed by atoms with Crippen LogP contribution in [0.5, 0.6) is 0 Å². The highest BCUT2D eigenvalue weighted by Crippen LogP contribution is 2.65. The number of nitrogens with two attached hydrogens (primary N) is 1. The average molecular weight is 274 g/mol. The number of H-pyrrole nitrogens is 1. The molecular formula is C16H26N4. The van der Waals surface area contributed by atoms with Gasteiger partial charge in [-0.25, -0.2) is 4.98 Å². The lowest BCUT2D eigenvalue weighted by molar-refractivity contribution is -0.0939. The Hall–Kier alpha value is -0.900. The van der Waals surface area contributed by atoms with Gasteiger partial charge in [-0.1, -0.05) is 13.8 Å². The molecule has 0 radical (unpaired) electrons. The Morgan fingerprint density at radius 3 is 2.15 bits per heavy atom. The molecule has 20 heavy (non-hydrogen) atoms. The summed E-state index contributed by atoms with van der Waals surface area (Å²) < 4.78 is 0. The summed E-state index contributed by atoms with van der Waals surface area (Å²) in [6.45, 7) is 5.18. The third-order valence-corrected chi connectivity index (χ3v) is 6.65. The van der Waals surface area contributed by atoms with Crippen molar-refractivity contribution in [2.75, 3.05) is 0 Å². The van der Waals surface area contributed by atoms with Crippen LogP contribution >= 0.6 is 0 Å². The van der Waals surface area contributed by atoms with Crippen molar-refractivity contribution in [3.63, 3.8) is 0 Å². The molecule has 110 valence electrons. The highest BCUT2D eigenvalue weighted by Gasteiger charge is 2.58. The number of aromatic amines is 1. The van der Waals surface area contributed by atoms with Crippen LogP contribution in [-0.4, -0.2) is 15.2 Å². The molecule has 0 amide bonds. The first-order chi connectivity index (χ1) is 9.52. The van der Waals surface area contributed by atoms with E-state index in [1.807, 2.05) is 0 Å². The van der Waals surface area contributed by atoms with Gasteiger partial charge in [-0.2, -0.15) is 5.10 Å². The molecule has 0 atom stereocenters. The zero-order valence-corrected chi connectivity index (χ0v) is 12.7. The number of rotatable bonds is 3. The molecule has 0 spiro atoms. The van der Waals surface area contributed by atoms with E-state index in [0.29, 0.717) is 12.0 Å². The third-order valence-electron chi connectivity index (χ3n) is 6.65. The van der Waals surface area contributed by atoms with Gasteiger partial charge < -0.3 is 5.73 Å². The van der Waals surface area contributed by atoms with E-state index in [1.54, 1.807) is 0 Å². The summed E-state index contributed by atoms with van der Waals surface area (Å²) in [4.78, 5) is 4.67. The molecule has 0 unspecified atom stereocenters. The van der Waals surface area contributed by atoms with Crippen LogP contribution in [-0.2, 0) is 12.0 Å². The average Bonchev–Trinajstić information content (AvgIpc) is 2.86.